The van der Waals surface area contributed by atoms with E-state index < -0.39 is 40.9 Å². The van der Waals surface area contributed by atoms with Crippen molar-refractivity contribution in [2.75, 3.05) is 0 Å². The molecule has 0 aromatic heterocycles. The Morgan fingerprint density at radius 1 is 1.43 bits per heavy atom. The molecular formula is C12H13N3O6. The van der Waals surface area contributed by atoms with Gasteiger partial charge in [0, 0.05) is 6.07 Å². The molecule has 0 fully saturated rings. The lowest BCUT2D eigenvalue weighted by Gasteiger charge is -2.14. The first kappa shape index (κ1) is 16.1. The Morgan fingerprint density at radius 2 is 2.05 bits per heavy atom. The summed E-state index contributed by atoms with van der Waals surface area (Å²) in [5.41, 5.74) is 4.50. The van der Waals surface area contributed by atoms with Crippen molar-refractivity contribution in [1.29, 1.82) is 0 Å². The molecule has 9 heteroatoms. The van der Waals surface area contributed by atoms with E-state index >= 15 is 0 Å². The van der Waals surface area contributed by atoms with Crippen LogP contribution in [0, 0.1) is 17.0 Å². The number of benzene rings is 1. The highest BCUT2D eigenvalue weighted by Crippen LogP contribution is 2.21. The van der Waals surface area contributed by atoms with Crippen molar-refractivity contribution in [3.63, 3.8) is 0 Å². The van der Waals surface area contributed by atoms with Crippen LogP contribution in [-0.2, 0) is 9.59 Å². The van der Waals surface area contributed by atoms with Crippen LogP contribution in [0.4, 0.5) is 5.69 Å². The molecule has 1 unspecified atom stereocenters. The molecule has 1 rings (SSSR count). The molecule has 0 aliphatic carbocycles. The number of aryl methyl sites for hydroxylation is 1. The highest BCUT2D eigenvalue weighted by Gasteiger charge is 2.27. The van der Waals surface area contributed by atoms with Gasteiger partial charge in [-0.15, -0.1) is 0 Å². The van der Waals surface area contributed by atoms with E-state index in [1.165, 1.54) is 19.1 Å². The van der Waals surface area contributed by atoms with Crippen molar-refractivity contribution in [3.8, 4) is 0 Å². The molecular weight excluding hydrogens is 282 g/mol. The number of carbonyl (C=O) groups is 3. The van der Waals surface area contributed by atoms with E-state index in [1.54, 1.807) is 0 Å². The summed E-state index contributed by atoms with van der Waals surface area (Å²) in [7, 11) is 0. The van der Waals surface area contributed by atoms with Gasteiger partial charge in [0.1, 0.15) is 11.6 Å². The van der Waals surface area contributed by atoms with Crippen LogP contribution < -0.4 is 11.1 Å². The van der Waals surface area contributed by atoms with Gasteiger partial charge in [0.25, 0.3) is 11.6 Å². The normalized spacial score (nSPS) is 11.5. The minimum absolute atomic E-state index is 0.252. The van der Waals surface area contributed by atoms with Gasteiger partial charge in [-0.05, 0) is 12.5 Å². The highest BCUT2D eigenvalue weighted by atomic mass is 16.6. The average Bonchev–Trinajstić information content (AvgIpc) is 2.36. The Kier molecular flexibility index (Phi) is 4.95. The number of rotatable bonds is 6. The van der Waals surface area contributed by atoms with E-state index in [0.717, 1.165) is 6.07 Å². The number of nitrogens with two attached hydrogens (primary N) is 1. The van der Waals surface area contributed by atoms with Gasteiger partial charge in [-0.1, -0.05) is 12.1 Å². The lowest BCUT2D eigenvalue weighted by molar-refractivity contribution is -0.385. The van der Waals surface area contributed by atoms with Gasteiger partial charge in [0.15, 0.2) is 0 Å². The van der Waals surface area contributed by atoms with Crippen LogP contribution >= 0.6 is 0 Å². The molecule has 2 amide bonds. The Hall–Kier alpha value is -2.97. The van der Waals surface area contributed by atoms with Gasteiger partial charge in [0.05, 0.1) is 11.3 Å². The third kappa shape index (κ3) is 4.00. The zero-order chi connectivity index (χ0) is 16.2. The van der Waals surface area contributed by atoms with Crippen molar-refractivity contribution >= 4 is 23.5 Å². The Labute approximate surface area is 118 Å². The number of aliphatic carboxylic acids is 1. The van der Waals surface area contributed by atoms with Crippen LogP contribution in [0.1, 0.15) is 22.3 Å². The number of amides is 2. The number of carbonyl (C=O) groups excluding carboxylic acids is 2. The number of hydrogen-bond acceptors (Lipinski definition) is 5. The summed E-state index contributed by atoms with van der Waals surface area (Å²) >= 11 is 0. The molecule has 4 N–H and O–H groups in total. The van der Waals surface area contributed by atoms with Gasteiger partial charge >= 0.3 is 5.97 Å². The Morgan fingerprint density at radius 3 is 2.52 bits per heavy atom. The smallest absolute Gasteiger partial charge is 0.326 e. The maximum Gasteiger partial charge on any atom is 0.326 e. The zero-order valence-corrected chi connectivity index (χ0v) is 11.0. The average molecular weight is 295 g/mol. The monoisotopic (exact) mass is 295 g/mol. The van der Waals surface area contributed by atoms with Gasteiger partial charge < -0.3 is 16.2 Å². The largest absolute Gasteiger partial charge is 0.480 e. The van der Waals surface area contributed by atoms with Crippen LogP contribution in [0.2, 0.25) is 0 Å². The standard InChI is InChI=1S/C12H13N3O6/c1-6-3-2-4-8(15(20)21)10(6)11(17)14-7(12(18)19)5-9(13)16/h2-4,7H,5H2,1H3,(H2,13,16)(H,14,17)(H,18,19). The fraction of sp³-hybridized carbons (Fsp3) is 0.250. The summed E-state index contributed by atoms with van der Waals surface area (Å²) in [6.45, 7) is 1.48. The number of nitro groups is 1. The molecule has 0 saturated carbocycles. The molecule has 0 aliphatic rings. The fourth-order valence-electron chi connectivity index (χ4n) is 1.73. The number of nitro benzene ring substituents is 1. The molecule has 1 atom stereocenters. The Bertz CT molecular complexity index is 613. The number of nitrogens with zero attached hydrogens (tertiary/aromatic N) is 1. The zero-order valence-electron chi connectivity index (χ0n) is 11.0. The third-order valence-corrected chi connectivity index (χ3v) is 2.68. The molecule has 0 radical (unpaired) electrons. The van der Waals surface area contributed by atoms with E-state index in [0.29, 0.717) is 5.56 Å². The number of carboxylic acids is 1. The molecule has 112 valence electrons. The van der Waals surface area contributed by atoms with E-state index in [9.17, 15) is 24.5 Å². The van der Waals surface area contributed by atoms with Gasteiger partial charge in [0.2, 0.25) is 5.91 Å². The predicted molar refractivity (Wildman–Crippen MR) is 70.5 cm³/mol. The first-order valence-corrected chi connectivity index (χ1v) is 5.80. The molecule has 0 heterocycles. The van der Waals surface area contributed by atoms with Gasteiger partial charge in [-0.25, -0.2) is 4.79 Å². The quantitative estimate of drug-likeness (QED) is 0.494. The third-order valence-electron chi connectivity index (χ3n) is 2.68. The van der Waals surface area contributed by atoms with Gasteiger partial charge in [-0.3, -0.25) is 19.7 Å². The minimum atomic E-state index is -1.55. The first-order chi connectivity index (χ1) is 9.73. The second-order valence-corrected chi connectivity index (χ2v) is 4.26. The summed E-state index contributed by atoms with van der Waals surface area (Å²) in [4.78, 5) is 43.9. The van der Waals surface area contributed by atoms with Crippen molar-refractivity contribution < 1.29 is 24.4 Å². The van der Waals surface area contributed by atoms with Crippen LogP contribution in [0.15, 0.2) is 18.2 Å². The molecule has 1 aromatic carbocycles. The summed E-state index contributed by atoms with van der Waals surface area (Å²) in [6, 6.07) is 2.47. The summed E-state index contributed by atoms with van der Waals surface area (Å²) < 4.78 is 0. The number of primary amides is 1. The first-order valence-electron chi connectivity index (χ1n) is 5.80. The second kappa shape index (κ2) is 6.46. The van der Waals surface area contributed by atoms with Crippen LogP contribution in [-0.4, -0.2) is 33.9 Å². The Balaban J connectivity index is 3.11. The maximum atomic E-state index is 12.1. The summed E-state index contributed by atoms with van der Waals surface area (Å²) in [6.07, 6.45) is -0.610. The van der Waals surface area contributed by atoms with Crippen molar-refractivity contribution in [2.45, 2.75) is 19.4 Å². The number of nitrogens with one attached hydrogen (secondary N) is 1. The van der Waals surface area contributed by atoms with Crippen molar-refractivity contribution in [3.05, 3.63) is 39.4 Å². The van der Waals surface area contributed by atoms with Crippen LogP contribution in [0.25, 0.3) is 0 Å². The van der Waals surface area contributed by atoms with Gasteiger partial charge in [-0.2, -0.15) is 0 Å². The van der Waals surface area contributed by atoms with E-state index in [1.807, 2.05) is 0 Å². The fourth-order valence-corrected chi connectivity index (χ4v) is 1.73. The van der Waals surface area contributed by atoms with E-state index in [4.69, 9.17) is 10.8 Å². The molecule has 0 spiro atoms. The van der Waals surface area contributed by atoms with Crippen molar-refractivity contribution in [2.24, 2.45) is 5.73 Å². The second-order valence-electron chi connectivity index (χ2n) is 4.26. The SMILES string of the molecule is Cc1cccc([N+](=O)[O-])c1C(=O)NC(CC(N)=O)C(=O)O. The van der Waals surface area contributed by atoms with Crippen LogP contribution in [0.5, 0.6) is 0 Å². The number of hydrogen-bond donors (Lipinski definition) is 3. The highest BCUT2D eigenvalue weighted by molar-refractivity contribution is 6.01. The predicted octanol–water partition coefficient (Wildman–Crippen LogP) is -0.0384. The molecule has 9 nitrogen and oxygen atoms in total. The topological polar surface area (TPSA) is 153 Å². The van der Waals surface area contributed by atoms with Crippen LogP contribution in [0.3, 0.4) is 0 Å². The lowest BCUT2D eigenvalue weighted by atomic mass is 10.0. The summed E-state index contributed by atoms with van der Waals surface area (Å²) in [5.74, 6) is -3.33. The van der Waals surface area contributed by atoms with E-state index in [-0.39, 0.29) is 5.56 Å². The van der Waals surface area contributed by atoms with E-state index in [2.05, 4.69) is 5.32 Å². The molecule has 21 heavy (non-hydrogen) atoms. The molecule has 0 saturated heterocycles. The lowest BCUT2D eigenvalue weighted by Crippen LogP contribution is -2.43. The molecule has 0 aliphatic heterocycles. The minimum Gasteiger partial charge on any atom is -0.480 e. The van der Waals surface area contributed by atoms with Crippen molar-refractivity contribution in [1.82, 2.24) is 5.32 Å². The molecule has 1 aromatic rings. The number of carboxylic acid groups (broad SMARTS) is 1. The summed E-state index contributed by atoms with van der Waals surface area (Å²) in [5, 5.41) is 21.9. The molecule has 0 bridgehead atoms. The maximum absolute atomic E-state index is 12.1.